The van der Waals surface area contributed by atoms with E-state index in [9.17, 15) is 9.59 Å². The summed E-state index contributed by atoms with van der Waals surface area (Å²) < 4.78 is 6.53. The smallest absolute Gasteiger partial charge is 0.263 e. The minimum absolute atomic E-state index is 0.179. The second-order valence-corrected chi connectivity index (χ2v) is 7.79. The molecule has 1 aromatic carbocycles. The van der Waals surface area contributed by atoms with E-state index in [0.29, 0.717) is 36.0 Å². The lowest BCUT2D eigenvalue weighted by atomic mass is 9.84. The Morgan fingerprint density at radius 1 is 1.25 bits per heavy atom. The summed E-state index contributed by atoms with van der Waals surface area (Å²) in [5, 5.41) is 11.0. The third kappa shape index (κ3) is 2.80. The minimum Gasteiger partial charge on any atom is -0.337 e. The summed E-state index contributed by atoms with van der Waals surface area (Å²) in [5.41, 5.74) is 3.30. The maximum absolute atomic E-state index is 13.0. The molecular weight excluding hydrogens is 358 g/mol. The first-order valence-electron chi connectivity index (χ1n) is 9.51. The molecule has 1 amide bonds. The molecular formula is C20H21N5O3. The van der Waals surface area contributed by atoms with E-state index in [-0.39, 0.29) is 17.0 Å². The van der Waals surface area contributed by atoms with E-state index in [1.807, 2.05) is 22.8 Å². The second kappa shape index (κ2) is 6.56. The summed E-state index contributed by atoms with van der Waals surface area (Å²) in [6.07, 6.45) is 1.11. The van der Waals surface area contributed by atoms with Gasteiger partial charge in [0.2, 0.25) is 0 Å². The van der Waals surface area contributed by atoms with Gasteiger partial charge in [-0.2, -0.15) is 0 Å². The van der Waals surface area contributed by atoms with Crippen LogP contribution in [0.2, 0.25) is 0 Å². The Bertz CT molecular complexity index is 1120. The minimum atomic E-state index is -0.271. The predicted octanol–water partition coefficient (Wildman–Crippen LogP) is 1.36. The van der Waals surface area contributed by atoms with E-state index in [1.54, 1.807) is 24.1 Å². The lowest BCUT2D eigenvalue weighted by molar-refractivity contribution is 0.0782. The van der Waals surface area contributed by atoms with Crippen LogP contribution >= 0.6 is 0 Å². The van der Waals surface area contributed by atoms with Crippen molar-refractivity contribution in [3.8, 4) is 0 Å². The number of nitrogens with zero attached hydrogens (tertiary/aromatic N) is 4. The van der Waals surface area contributed by atoms with Crippen LogP contribution in [0.25, 0.3) is 11.0 Å². The number of carbonyl (C=O) groups is 1. The van der Waals surface area contributed by atoms with Crippen molar-refractivity contribution < 1.29 is 9.42 Å². The molecule has 0 aliphatic carbocycles. The normalized spacial score (nSPS) is 20.8. The van der Waals surface area contributed by atoms with Crippen LogP contribution in [0.4, 0.5) is 0 Å². The number of piperidine rings is 1. The molecule has 3 aromatic rings. The highest BCUT2D eigenvalue weighted by Gasteiger charge is 2.32. The van der Waals surface area contributed by atoms with E-state index >= 15 is 0 Å². The van der Waals surface area contributed by atoms with Gasteiger partial charge in [-0.1, -0.05) is 6.07 Å². The Morgan fingerprint density at radius 2 is 2.11 bits per heavy atom. The Balaban J connectivity index is 1.41. The number of carbonyl (C=O) groups excluding carboxylic acids is 1. The van der Waals surface area contributed by atoms with E-state index in [4.69, 9.17) is 4.63 Å². The lowest BCUT2D eigenvalue weighted by Crippen LogP contribution is -2.46. The van der Waals surface area contributed by atoms with E-state index < -0.39 is 0 Å². The molecule has 1 fully saturated rings. The number of benzene rings is 1. The summed E-state index contributed by atoms with van der Waals surface area (Å²) in [4.78, 5) is 27.6. The predicted molar refractivity (Wildman–Crippen MR) is 102 cm³/mol. The van der Waals surface area contributed by atoms with Crippen molar-refractivity contribution in [2.45, 2.75) is 25.4 Å². The molecule has 1 N–H and O–H groups in total. The van der Waals surface area contributed by atoms with Crippen molar-refractivity contribution in [1.29, 1.82) is 0 Å². The molecule has 0 spiro atoms. The van der Waals surface area contributed by atoms with E-state index in [0.717, 1.165) is 30.8 Å². The van der Waals surface area contributed by atoms with Crippen molar-refractivity contribution in [1.82, 2.24) is 25.1 Å². The van der Waals surface area contributed by atoms with Crippen LogP contribution in [-0.4, -0.2) is 45.8 Å². The molecule has 2 aromatic heterocycles. The van der Waals surface area contributed by atoms with Gasteiger partial charge in [0.25, 0.3) is 11.5 Å². The largest absolute Gasteiger partial charge is 0.337 e. The summed E-state index contributed by atoms with van der Waals surface area (Å²) >= 11 is 0. The first kappa shape index (κ1) is 17.1. The molecule has 28 heavy (non-hydrogen) atoms. The van der Waals surface area contributed by atoms with Crippen LogP contribution in [0.3, 0.4) is 0 Å². The molecule has 5 rings (SSSR count). The zero-order valence-electron chi connectivity index (χ0n) is 15.6. The molecule has 4 heterocycles. The number of hydrogen-bond donors (Lipinski definition) is 1. The fourth-order valence-corrected chi connectivity index (χ4v) is 4.43. The monoisotopic (exact) mass is 379 g/mol. The first-order chi connectivity index (χ1) is 13.6. The number of amides is 1. The lowest BCUT2D eigenvalue weighted by Gasteiger charge is -2.37. The maximum atomic E-state index is 13.0. The van der Waals surface area contributed by atoms with E-state index in [2.05, 4.69) is 15.6 Å². The number of aromatic nitrogens is 3. The van der Waals surface area contributed by atoms with Gasteiger partial charge in [-0.3, -0.25) is 9.59 Å². The molecule has 144 valence electrons. The third-order valence-electron chi connectivity index (χ3n) is 5.82. The van der Waals surface area contributed by atoms with Crippen molar-refractivity contribution >= 4 is 16.9 Å². The fourth-order valence-electron chi connectivity index (χ4n) is 4.43. The molecule has 2 bridgehead atoms. The highest BCUT2D eigenvalue weighted by molar-refractivity contribution is 5.93. The van der Waals surface area contributed by atoms with Crippen molar-refractivity contribution in [3.05, 3.63) is 57.5 Å². The average Bonchev–Trinajstić information content (AvgIpc) is 3.16. The quantitative estimate of drug-likeness (QED) is 0.739. The maximum Gasteiger partial charge on any atom is 0.263 e. The highest BCUT2D eigenvalue weighted by atomic mass is 16.6. The van der Waals surface area contributed by atoms with Crippen LogP contribution in [0.1, 0.15) is 34.0 Å². The van der Waals surface area contributed by atoms with Gasteiger partial charge >= 0.3 is 0 Å². The molecule has 8 heteroatoms. The summed E-state index contributed by atoms with van der Waals surface area (Å²) in [7, 11) is 1.70. The summed E-state index contributed by atoms with van der Waals surface area (Å²) in [6, 6.07) is 9.16. The van der Waals surface area contributed by atoms with Gasteiger partial charge in [-0.15, -0.1) is 0 Å². The molecule has 0 unspecified atom stereocenters. The molecule has 2 aliphatic heterocycles. The third-order valence-corrected chi connectivity index (χ3v) is 5.82. The van der Waals surface area contributed by atoms with Crippen LogP contribution in [0.15, 0.2) is 39.8 Å². The van der Waals surface area contributed by atoms with Gasteiger partial charge in [-0.05, 0) is 59.0 Å². The SMILES string of the molecule is CN(Cc1ccc2nonc2c1)C(=O)c1ccc2n(c1=O)C[C@@H]1CNC[C@H]2C1. The van der Waals surface area contributed by atoms with Gasteiger partial charge in [-0.25, -0.2) is 4.63 Å². The Kier molecular flexibility index (Phi) is 4.01. The van der Waals surface area contributed by atoms with Gasteiger partial charge in [0.1, 0.15) is 16.6 Å². The summed E-state index contributed by atoms with van der Waals surface area (Å²) in [5.74, 6) is 0.534. The number of nitrogens with one attached hydrogen (secondary N) is 1. The van der Waals surface area contributed by atoms with Gasteiger partial charge < -0.3 is 14.8 Å². The van der Waals surface area contributed by atoms with Crippen molar-refractivity contribution in [3.63, 3.8) is 0 Å². The number of fused-ring (bicyclic) bond motifs is 5. The zero-order chi connectivity index (χ0) is 19.3. The summed E-state index contributed by atoms with van der Waals surface area (Å²) in [6.45, 7) is 2.87. The number of rotatable bonds is 3. The van der Waals surface area contributed by atoms with Crippen LogP contribution in [0.5, 0.6) is 0 Å². The Morgan fingerprint density at radius 3 is 3.00 bits per heavy atom. The molecule has 0 saturated carbocycles. The number of hydrogen-bond acceptors (Lipinski definition) is 6. The van der Waals surface area contributed by atoms with Crippen molar-refractivity contribution in [2.24, 2.45) is 5.92 Å². The molecule has 2 atom stereocenters. The Hall–Kier alpha value is -3.00. The van der Waals surface area contributed by atoms with Gasteiger partial charge in [0, 0.05) is 38.3 Å². The average molecular weight is 379 g/mol. The molecule has 1 saturated heterocycles. The topological polar surface area (TPSA) is 93.3 Å². The zero-order valence-corrected chi connectivity index (χ0v) is 15.6. The van der Waals surface area contributed by atoms with Crippen LogP contribution in [0, 0.1) is 5.92 Å². The van der Waals surface area contributed by atoms with E-state index in [1.165, 1.54) is 0 Å². The Labute approximate surface area is 161 Å². The number of pyridine rings is 1. The molecule has 2 aliphatic rings. The van der Waals surface area contributed by atoms with Crippen LogP contribution < -0.4 is 10.9 Å². The fraction of sp³-hybridized carbons (Fsp3) is 0.400. The van der Waals surface area contributed by atoms with Crippen molar-refractivity contribution in [2.75, 3.05) is 20.1 Å². The van der Waals surface area contributed by atoms with Gasteiger partial charge in [0.15, 0.2) is 0 Å². The standard InChI is InChI=1S/C20H21N5O3/c1-24(10-12-2-4-16-17(7-12)23-28-22-16)19(26)15-3-5-18-14-6-13(8-21-9-14)11-25(18)20(15)27/h2-5,7,13-14,21H,6,8-11H2,1H3/t13-,14+/m0/s1. The van der Waals surface area contributed by atoms with Crippen LogP contribution in [-0.2, 0) is 13.1 Å². The first-order valence-corrected chi connectivity index (χ1v) is 9.51. The second-order valence-electron chi connectivity index (χ2n) is 7.79. The highest BCUT2D eigenvalue weighted by Crippen LogP contribution is 2.31. The molecule has 0 radical (unpaired) electrons. The molecule has 8 nitrogen and oxygen atoms in total. The van der Waals surface area contributed by atoms with Gasteiger partial charge in [0.05, 0.1) is 0 Å².